The lowest BCUT2D eigenvalue weighted by molar-refractivity contribution is 0.368. The molecule has 0 saturated carbocycles. The fraction of sp³-hybridized carbons (Fsp3) is 0.143. The minimum atomic E-state index is -6.00. The lowest BCUT2D eigenvalue weighted by Crippen LogP contribution is -2.02. The molecule has 0 spiro atoms. The zero-order valence-electron chi connectivity index (χ0n) is 7.89. The maximum absolute atomic E-state index is 9.75. The van der Waals surface area contributed by atoms with Crippen LogP contribution in [0.5, 0.6) is 0 Å². The second kappa shape index (κ2) is 5.92. The number of hydrogen-bond acceptors (Lipinski definition) is 1. The highest BCUT2D eigenvalue weighted by molar-refractivity contribution is 6.50. The molecule has 0 aliphatic carbocycles. The largest absolute Gasteiger partial charge is 0.673 e. The van der Waals surface area contributed by atoms with E-state index in [1.54, 1.807) is 6.07 Å². The van der Waals surface area contributed by atoms with E-state index in [1.165, 1.54) is 6.07 Å². The third-order valence-electron chi connectivity index (χ3n) is 1.34. The van der Waals surface area contributed by atoms with Crippen molar-refractivity contribution in [1.82, 2.24) is 0 Å². The quantitative estimate of drug-likeness (QED) is 0.368. The minimum absolute atomic E-state index is 0.294. The van der Waals surface area contributed by atoms with Gasteiger partial charge in [0.2, 0.25) is 5.39 Å². The summed E-state index contributed by atoms with van der Waals surface area (Å²) in [5, 5.41) is 9.36. The second-order valence-electron chi connectivity index (χ2n) is 2.65. The van der Waals surface area contributed by atoms with Gasteiger partial charge in [-0.1, -0.05) is 23.2 Å². The number of halogens is 6. The summed E-state index contributed by atoms with van der Waals surface area (Å²) >= 11 is 11.4. The van der Waals surface area contributed by atoms with Crippen molar-refractivity contribution < 1.29 is 17.3 Å². The van der Waals surface area contributed by atoms with Crippen molar-refractivity contribution in [2.45, 2.75) is 6.92 Å². The van der Waals surface area contributed by atoms with Gasteiger partial charge >= 0.3 is 12.9 Å². The summed E-state index contributed by atoms with van der Waals surface area (Å²) in [6.07, 6.45) is 0. The van der Waals surface area contributed by atoms with E-state index in [0.29, 0.717) is 15.7 Å². The van der Waals surface area contributed by atoms with Crippen LogP contribution in [0.15, 0.2) is 12.1 Å². The molecule has 0 aromatic heterocycles. The molecule has 0 aliphatic heterocycles. The van der Waals surface area contributed by atoms with Crippen LogP contribution < -0.4 is 0 Å². The standard InChI is InChI=1S/C7H5Cl2N2.BF4/c1-4-2-6(9)7(11-10)3-5(4)8;2-1(3,4)5/h2-3H,1H3;/q+1;-1. The number of diazo groups is 1. The summed E-state index contributed by atoms with van der Waals surface area (Å²) in [6, 6.07) is 3.16. The number of hydrogen-bond donors (Lipinski definition) is 0. The molecule has 0 radical (unpaired) electrons. The zero-order chi connectivity index (χ0) is 12.9. The van der Waals surface area contributed by atoms with Gasteiger partial charge in [-0.05, 0) is 18.6 Å². The molecule has 2 nitrogen and oxygen atoms in total. The number of aryl methyl sites for hydroxylation is 1. The van der Waals surface area contributed by atoms with Crippen LogP contribution >= 0.6 is 23.2 Å². The van der Waals surface area contributed by atoms with Crippen LogP contribution in [0.1, 0.15) is 5.56 Å². The first kappa shape index (κ1) is 15.0. The highest BCUT2D eigenvalue weighted by Gasteiger charge is 2.20. The van der Waals surface area contributed by atoms with Gasteiger partial charge in [0.15, 0.2) is 4.98 Å². The second-order valence-corrected chi connectivity index (χ2v) is 3.46. The van der Waals surface area contributed by atoms with Gasteiger partial charge < -0.3 is 17.3 Å². The van der Waals surface area contributed by atoms with Gasteiger partial charge in [0, 0.05) is 0 Å². The molecule has 0 fully saturated rings. The molecule has 1 rings (SSSR count). The Morgan fingerprint density at radius 1 is 1.12 bits per heavy atom. The van der Waals surface area contributed by atoms with Crippen LogP contribution in [-0.4, -0.2) is 7.25 Å². The Kier molecular flexibility index (Phi) is 5.55. The van der Waals surface area contributed by atoms with Crippen LogP contribution in [0, 0.1) is 12.3 Å². The van der Waals surface area contributed by atoms with Crippen molar-refractivity contribution >= 4 is 36.1 Å². The first-order valence-electron chi connectivity index (χ1n) is 3.83. The van der Waals surface area contributed by atoms with Gasteiger partial charge in [0.1, 0.15) is 5.02 Å². The summed E-state index contributed by atoms with van der Waals surface area (Å²) in [5.74, 6) is 0. The van der Waals surface area contributed by atoms with E-state index in [-0.39, 0.29) is 0 Å². The van der Waals surface area contributed by atoms with E-state index >= 15 is 0 Å². The molecule has 16 heavy (non-hydrogen) atoms. The van der Waals surface area contributed by atoms with E-state index in [4.69, 9.17) is 28.6 Å². The van der Waals surface area contributed by atoms with Crippen molar-refractivity contribution in [3.63, 3.8) is 0 Å². The van der Waals surface area contributed by atoms with Crippen molar-refractivity contribution in [3.8, 4) is 0 Å². The van der Waals surface area contributed by atoms with E-state index in [2.05, 4.69) is 4.98 Å². The lowest BCUT2D eigenvalue weighted by atomic mass is 10.2. The van der Waals surface area contributed by atoms with Crippen molar-refractivity contribution in [1.29, 1.82) is 5.39 Å². The first-order valence-corrected chi connectivity index (χ1v) is 4.59. The molecular weight excluding hydrogens is 270 g/mol. The van der Waals surface area contributed by atoms with Crippen molar-refractivity contribution in [2.24, 2.45) is 0 Å². The van der Waals surface area contributed by atoms with Gasteiger partial charge in [-0.25, -0.2) is 0 Å². The SMILES string of the molecule is Cc1cc(Cl)c([N+]#N)cc1Cl.F[B-](F)(F)F. The van der Waals surface area contributed by atoms with E-state index in [9.17, 15) is 17.3 Å². The van der Waals surface area contributed by atoms with E-state index in [1.807, 2.05) is 6.92 Å². The third-order valence-corrected chi connectivity index (χ3v) is 2.05. The molecule has 0 aliphatic rings. The normalized spacial score (nSPS) is 10.1. The van der Waals surface area contributed by atoms with Crippen molar-refractivity contribution in [3.05, 3.63) is 32.7 Å². The van der Waals surface area contributed by atoms with Gasteiger partial charge in [-0.15, -0.1) is 0 Å². The molecule has 0 amide bonds. The molecule has 0 saturated heterocycles. The molecule has 0 heterocycles. The van der Waals surface area contributed by atoms with E-state index < -0.39 is 7.25 Å². The molecule has 9 heteroatoms. The number of nitrogens with zero attached hydrogens (tertiary/aromatic N) is 2. The monoisotopic (exact) mass is 274 g/mol. The van der Waals surface area contributed by atoms with Gasteiger partial charge in [-0.2, -0.15) is 0 Å². The lowest BCUT2D eigenvalue weighted by Gasteiger charge is -1.94. The average molecular weight is 275 g/mol. The topological polar surface area (TPSA) is 28.1 Å². The molecule has 0 atom stereocenters. The molecule has 0 bridgehead atoms. The fourth-order valence-corrected chi connectivity index (χ4v) is 1.13. The Balaban J connectivity index is 0.000000385. The average Bonchev–Trinajstić information content (AvgIpc) is 2.08. The Morgan fingerprint density at radius 2 is 1.56 bits per heavy atom. The van der Waals surface area contributed by atoms with Crippen LogP contribution in [0.4, 0.5) is 23.0 Å². The van der Waals surface area contributed by atoms with Gasteiger partial charge in [0.05, 0.1) is 11.1 Å². The Morgan fingerprint density at radius 3 is 1.94 bits per heavy atom. The summed E-state index contributed by atoms with van der Waals surface area (Å²) in [6.45, 7) is 1.83. The molecule has 88 valence electrons. The molecule has 0 unspecified atom stereocenters. The minimum Gasteiger partial charge on any atom is -0.418 e. The van der Waals surface area contributed by atoms with Crippen LogP contribution in [-0.2, 0) is 0 Å². The highest BCUT2D eigenvalue weighted by atomic mass is 35.5. The molecule has 1 aromatic carbocycles. The predicted octanol–water partition coefficient (Wildman–Crippen LogP) is 5.09. The van der Waals surface area contributed by atoms with Crippen LogP contribution in [0.2, 0.25) is 10.0 Å². The van der Waals surface area contributed by atoms with Crippen LogP contribution in [0.25, 0.3) is 4.98 Å². The Hall–Kier alpha value is -0.995. The summed E-state index contributed by atoms with van der Waals surface area (Å²) in [7, 11) is -6.00. The van der Waals surface area contributed by atoms with Gasteiger partial charge in [0.25, 0.3) is 0 Å². The Labute approximate surface area is 98.9 Å². The molecule has 1 aromatic rings. The van der Waals surface area contributed by atoms with Gasteiger partial charge in [-0.3, -0.25) is 0 Å². The first-order chi connectivity index (χ1) is 7.15. The summed E-state index contributed by atoms with van der Waals surface area (Å²) in [4.78, 5) is 2.96. The summed E-state index contributed by atoms with van der Waals surface area (Å²) in [5.41, 5.74) is 1.16. The third kappa shape index (κ3) is 6.48. The maximum Gasteiger partial charge on any atom is 0.673 e. The zero-order valence-corrected chi connectivity index (χ0v) is 9.41. The maximum atomic E-state index is 9.75. The number of rotatable bonds is 0. The highest BCUT2D eigenvalue weighted by Crippen LogP contribution is 2.30. The van der Waals surface area contributed by atoms with Crippen LogP contribution in [0.3, 0.4) is 0 Å². The molecular formula is C7H5BCl2F4N2. The number of benzene rings is 1. The van der Waals surface area contributed by atoms with E-state index in [0.717, 1.165) is 5.56 Å². The predicted molar refractivity (Wildman–Crippen MR) is 56.1 cm³/mol. The fourth-order valence-electron chi connectivity index (χ4n) is 0.712. The smallest absolute Gasteiger partial charge is 0.418 e. The Bertz CT molecular complexity index is 410. The summed E-state index contributed by atoms with van der Waals surface area (Å²) < 4.78 is 39.0. The van der Waals surface area contributed by atoms with Crippen molar-refractivity contribution in [2.75, 3.05) is 0 Å². The molecule has 0 N–H and O–H groups in total.